The van der Waals surface area contributed by atoms with E-state index >= 15 is 0 Å². The largest absolute Gasteiger partial charge is 0.326 e. The highest BCUT2D eigenvalue weighted by molar-refractivity contribution is 6.08. The van der Waals surface area contributed by atoms with E-state index in [9.17, 15) is 4.79 Å². The minimum absolute atomic E-state index is 0.0687. The molecular weight excluding hydrogens is 149 g/mol. The molecule has 0 unspecified atom stereocenters. The van der Waals surface area contributed by atoms with Gasteiger partial charge in [-0.25, -0.2) is 0 Å². The second-order valence-electron chi connectivity index (χ2n) is 2.92. The Bertz CT molecular complexity index is 335. The fraction of sp³-hybridized carbons (Fsp3) is 0.222. The predicted molar refractivity (Wildman–Crippen MR) is 48.2 cm³/mol. The van der Waals surface area contributed by atoms with Gasteiger partial charge in [-0.3, -0.25) is 4.79 Å². The van der Waals surface area contributed by atoms with Crippen LogP contribution >= 0.6 is 0 Å². The lowest BCUT2D eigenvalue weighted by atomic mass is 9.95. The molecule has 0 saturated carbocycles. The summed E-state index contributed by atoms with van der Waals surface area (Å²) in [6, 6.07) is 5.84. The quantitative estimate of drug-likeness (QED) is 0.601. The summed E-state index contributed by atoms with van der Waals surface area (Å²) in [7, 11) is 5.47. The lowest BCUT2D eigenvalue weighted by molar-refractivity contribution is -0.115. The van der Waals surface area contributed by atoms with Crippen molar-refractivity contribution in [2.24, 2.45) is 0 Å². The van der Waals surface area contributed by atoms with E-state index in [0.717, 1.165) is 16.8 Å². The highest BCUT2D eigenvalue weighted by Crippen LogP contribution is 2.23. The summed E-state index contributed by atoms with van der Waals surface area (Å²) in [5, 5.41) is 2.78. The van der Waals surface area contributed by atoms with Crippen molar-refractivity contribution in [1.82, 2.24) is 0 Å². The van der Waals surface area contributed by atoms with Gasteiger partial charge in [0, 0.05) is 5.69 Å². The summed E-state index contributed by atoms with van der Waals surface area (Å²) in [6.45, 7) is 0. The molecule has 1 aromatic carbocycles. The molecule has 0 fully saturated rings. The number of anilines is 1. The standard InChI is InChI=1S/C9H8BNO/c10-5-6-1-2-7-4-9(12)11-8(7)3-6/h1-3H,4-5H2,(H,11,12). The monoisotopic (exact) mass is 157 g/mol. The summed E-state index contributed by atoms with van der Waals surface area (Å²) in [6.07, 6.45) is 1.02. The molecule has 58 valence electrons. The Kier molecular flexibility index (Phi) is 1.64. The van der Waals surface area contributed by atoms with E-state index in [0.29, 0.717) is 12.7 Å². The van der Waals surface area contributed by atoms with Crippen molar-refractivity contribution in [2.75, 3.05) is 5.32 Å². The van der Waals surface area contributed by atoms with Crippen molar-refractivity contribution >= 4 is 19.4 Å². The molecule has 1 heterocycles. The van der Waals surface area contributed by atoms with Gasteiger partial charge >= 0.3 is 0 Å². The Labute approximate surface area is 72.4 Å². The zero-order valence-electron chi connectivity index (χ0n) is 6.63. The van der Waals surface area contributed by atoms with Gasteiger partial charge in [0.15, 0.2) is 0 Å². The number of hydrogen-bond donors (Lipinski definition) is 1. The fourth-order valence-electron chi connectivity index (χ4n) is 1.39. The summed E-state index contributed by atoms with van der Waals surface area (Å²) in [5.41, 5.74) is 3.04. The highest BCUT2D eigenvalue weighted by atomic mass is 16.1. The second kappa shape index (κ2) is 2.66. The molecule has 0 saturated heterocycles. The molecule has 1 aliphatic heterocycles. The van der Waals surface area contributed by atoms with Crippen LogP contribution in [0.15, 0.2) is 18.2 Å². The van der Waals surface area contributed by atoms with Crippen LogP contribution in [0.3, 0.4) is 0 Å². The van der Waals surface area contributed by atoms with Gasteiger partial charge in [0.05, 0.1) is 14.3 Å². The normalized spacial score (nSPS) is 14.2. The van der Waals surface area contributed by atoms with Crippen LogP contribution < -0.4 is 5.32 Å². The van der Waals surface area contributed by atoms with Crippen LogP contribution in [-0.2, 0) is 17.5 Å². The van der Waals surface area contributed by atoms with Crippen molar-refractivity contribution in [2.45, 2.75) is 12.7 Å². The summed E-state index contributed by atoms with van der Waals surface area (Å²) < 4.78 is 0. The maximum atomic E-state index is 11.0. The van der Waals surface area contributed by atoms with Crippen molar-refractivity contribution < 1.29 is 4.79 Å². The molecule has 2 rings (SSSR count). The van der Waals surface area contributed by atoms with Gasteiger partial charge in [-0.2, -0.15) is 0 Å². The summed E-state index contributed by atoms with van der Waals surface area (Å²) >= 11 is 0. The molecule has 1 aliphatic rings. The Morgan fingerprint density at radius 2 is 2.33 bits per heavy atom. The molecule has 1 N–H and O–H groups in total. The first kappa shape index (κ1) is 7.41. The van der Waals surface area contributed by atoms with Gasteiger partial charge < -0.3 is 5.32 Å². The second-order valence-corrected chi connectivity index (χ2v) is 2.92. The maximum absolute atomic E-state index is 11.0. The van der Waals surface area contributed by atoms with Crippen LogP contribution in [0.1, 0.15) is 11.1 Å². The van der Waals surface area contributed by atoms with Gasteiger partial charge in [0.25, 0.3) is 0 Å². The fourth-order valence-corrected chi connectivity index (χ4v) is 1.39. The minimum Gasteiger partial charge on any atom is -0.326 e. The Hall–Kier alpha value is -1.25. The number of nitrogens with one attached hydrogen (secondary N) is 1. The number of hydrogen-bond acceptors (Lipinski definition) is 1. The SMILES string of the molecule is [B]Cc1ccc2c(c1)NC(=O)C2. The van der Waals surface area contributed by atoms with E-state index < -0.39 is 0 Å². The molecule has 3 heteroatoms. The van der Waals surface area contributed by atoms with Gasteiger partial charge in [-0.05, 0) is 11.6 Å². The first-order valence-corrected chi connectivity index (χ1v) is 3.91. The lowest BCUT2D eigenvalue weighted by Gasteiger charge is -2.00. The van der Waals surface area contributed by atoms with Crippen molar-refractivity contribution in [1.29, 1.82) is 0 Å². The molecular formula is C9H8BNO. The Balaban J connectivity index is 2.41. The van der Waals surface area contributed by atoms with Gasteiger partial charge in [-0.15, -0.1) is 0 Å². The molecule has 0 spiro atoms. The molecule has 2 nitrogen and oxygen atoms in total. The van der Waals surface area contributed by atoms with E-state index in [1.807, 2.05) is 18.2 Å². The van der Waals surface area contributed by atoms with Crippen LogP contribution in [0.4, 0.5) is 5.69 Å². The van der Waals surface area contributed by atoms with E-state index in [4.69, 9.17) is 7.85 Å². The molecule has 0 bridgehead atoms. The van der Waals surface area contributed by atoms with Gasteiger partial charge in [-0.1, -0.05) is 24.0 Å². The summed E-state index contributed by atoms with van der Waals surface area (Å²) in [4.78, 5) is 11.0. The Morgan fingerprint density at radius 3 is 3.08 bits per heavy atom. The van der Waals surface area contributed by atoms with Crippen LogP contribution in [-0.4, -0.2) is 13.8 Å². The smallest absolute Gasteiger partial charge is 0.228 e. The van der Waals surface area contributed by atoms with E-state index in [2.05, 4.69) is 5.32 Å². The third kappa shape index (κ3) is 1.11. The number of carbonyl (C=O) groups excluding carboxylic acids is 1. The minimum atomic E-state index is 0.0687. The lowest BCUT2D eigenvalue weighted by Crippen LogP contribution is -2.03. The van der Waals surface area contributed by atoms with E-state index in [1.165, 1.54) is 0 Å². The molecule has 1 aromatic rings. The molecule has 0 aliphatic carbocycles. The van der Waals surface area contributed by atoms with Crippen molar-refractivity contribution in [3.63, 3.8) is 0 Å². The average molecular weight is 157 g/mol. The third-order valence-electron chi connectivity index (χ3n) is 2.04. The van der Waals surface area contributed by atoms with Crippen LogP contribution in [0.2, 0.25) is 0 Å². The van der Waals surface area contributed by atoms with Crippen LogP contribution in [0, 0.1) is 0 Å². The topological polar surface area (TPSA) is 29.1 Å². The molecule has 2 radical (unpaired) electrons. The highest BCUT2D eigenvalue weighted by Gasteiger charge is 2.16. The number of fused-ring (bicyclic) bond motifs is 1. The van der Waals surface area contributed by atoms with Gasteiger partial charge in [0.2, 0.25) is 5.91 Å². The van der Waals surface area contributed by atoms with Crippen molar-refractivity contribution in [3.05, 3.63) is 29.3 Å². The van der Waals surface area contributed by atoms with Gasteiger partial charge in [0.1, 0.15) is 0 Å². The molecule has 1 amide bonds. The number of amides is 1. The molecule has 0 atom stereocenters. The number of carbonyl (C=O) groups is 1. The zero-order chi connectivity index (χ0) is 8.55. The third-order valence-corrected chi connectivity index (χ3v) is 2.04. The number of benzene rings is 1. The molecule has 12 heavy (non-hydrogen) atoms. The van der Waals surface area contributed by atoms with E-state index in [-0.39, 0.29) is 5.91 Å². The van der Waals surface area contributed by atoms with Crippen LogP contribution in [0.25, 0.3) is 0 Å². The van der Waals surface area contributed by atoms with Crippen LogP contribution in [0.5, 0.6) is 0 Å². The van der Waals surface area contributed by atoms with Crippen molar-refractivity contribution in [3.8, 4) is 0 Å². The predicted octanol–water partition coefficient (Wildman–Crippen LogP) is 0.850. The van der Waals surface area contributed by atoms with E-state index in [1.54, 1.807) is 0 Å². The molecule has 0 aromatic heterocycles. The number of rotatable bonds is 1. The zero-order valence-corrected chi connectivity index (χ0v) is 6.63. The average Bonchev–Trinajstić information content (AvgIpc) is 2.43. The first-order valence-electron chi connectivity index (χ1n) is 3.91. The Morgan fingerprint density at radius 1 is 1.50 bits per heavy atom. The maximum Gasteiger partial charge on any atom is 0.228 e. The summed E-state index contributed by atoms with van der Waals surface area (Å²) in [5.74, 6) is 0.0687. The first-order chi connectivity index (χ1) is 5.79.